The van der Waals surface area contributed by atoms with Gasteiger partial charge in [0.1, 0.15) is 0 Å². The van der Waals surface area contributed by atoms with Crippen LogP contribution in [-0.4, -0.2) is 42.1 Å². The number of rotatable bonds is 5. The first kappa shape index (κ1) is 16.1. The van der Waals surface area contributed by atoms with E-state index >= 15 is 0 Å². The van der Waals surface area contributed by atoms with Crippen LogP contribution in [0.25, 0.3) is 11.3 Å². The van der Waals surface area contributed by atoms with Crippen LogP contribution in [0.5, 0.6) is 0 Å². The number of anilines is 1. The molecule has 5 nitrogen and oxygen atoms in total. The van der Waals surface area contributed by atoms with Gasteiger partial charge in [-0.05, 0) is 0 Å². The summed E-state index contributed by atoms with van der Waals surface area (Å²) >= 11 is 1.57. The Morgan fingerprint density at radius 1 is 1.30 bits per heavy atom. The van der Waals surface area contributed by atoms with E-state index in [0.717, 1.165) is 44.1 Å². The van der Waals surface area contributed by atoms with Crippen molar-refractivity contribution < 1.29 is 9.53 Å². The Morgan fingerprint density at radius 3 is 2.74 bits per heavy atom. The molecule has 0 aliphatic carbocycles. The Balaban J connectivity index is 1.86. The highest BCUT2D eigenvalue weighted by molar-refractivity contribution is 7.16. The van der Waals surface area contributed by atoms with Crippen molar-refractivity contribution >= 4 is 22.4 Å². The summed E-state index contributed by atoms with van der Waals surface area (Å²) < 4.78 is 5.41. The Kier molecular flexibility index (Phi) is 5.38. The van der Waals surface area contributed by atoms with Crippen molar-refractivity contribution in [1.29, 1.82) is 0 Å². The highest BCUT2D eigenvalue weighted by atomic mass is 32.1. The van der Waals surface area contributed by atoms with Gasteiger partial charge in [0, 0.05) is 36.5 Å². The van der Waals surface area contributed by atoms with E-state index in [1.54, 1.807) is 11.3 Å². The highest BCUT2D eigenvalue weighted by Crippen LogP contribution is 2.32. The minimum atomic E-state index is -0.00344. The number of thiazole rings is 1. The van der Waals surface area contributed by atoms with E-state index in [9.17, 15) is 4.79 Å². The Hall–Kier alpha value is -1.76. The standard InChI is InChI=1S/C17H21N3O2S/c1-2-15(21)18-17-19-16(13-6-4-3-5-7-13)14(23-17)12-20-8-10-22-11-9-20/h3-7H,2,8-12H2,1H3,(H,18,19,21). The monoisotopic (exact) mass is 331 g/mol. The molecule has 1 aromatic heterocycles. The number of nitrogens with zero attached hydrogens (tertiary/aromatic N) is 2. The molecule has 0 unspecified atom stereocenters. The van der Waals surface area contributed by atoms with Crippen LogP contribution in [0.2, 0.25) is 0 Å². The van der Waals surface area contributed by atoms with Gasteiger partial charge in [-0.2, -0.15) is 0 Å². The second-order valence-electron chi connectivity index (χ2n) is 5.45. The lowest BCUT2D eigenvalue weighted by Gasteiger charge is -2.26. The average molecular weight is 331 g/mol. The lowest BCUT2D eigenvalue weighted by atomic mass is 10.1. The third kappa shape index (κ3) is 4.16. The summed E-state index contributed by atoms with van der Waals surface area (Å²) in [5.74, 6) is -0.00344. The van der Waals surface area contributed by atoms with Crippen molar-refractivity contribution in [2.24, 2.45) is 0 Å². The summed E-state index contributed by atoms with van der Waals surface area (Å²) in [5.41, 5.74) is 2.05. The second kappa shape index (κ2) is 7.68. The third-order valence-corrected chi connectivity index (χ3v) is 4.74. The first-order valence-electron chi connectivity index (χ1n) is 7.91. The normalized spacial score (nSPS) is 15.5. The summed E-state index contributed by atoms with van der Waals surface area (Å²) in [6.45, 7) is 6.10. The fraction of sp³-hybridized carbons (Fsp3) is 0.412. The second-order valence-corrected chi connectivity index (χ2v) is 6.53. The lowest BCUT2D eigenvalue weighted by Crippen LogP contribution is -2.35. The number of hydrogen-bond acceptors (Lipinski definition) is 5. The zero-order valence-electron chi connectivity index (χ0n) is 13.2. The number of carbonyl (C=O) groups is 1. The predicted molar refractivity (Wildman–Crippen MR) is 92.6 cm³/mol. The van der Waals surface area contributed by atoms with Crippen LogP contribution in [0.1, 0.15) is 18.2 Å². The average Bonchev–Trinajstić information content (AvgIpc) is 2.98. The van der Waals surface area contributed by atoms with E-state index in [-0.39, 0.29) is 5.91 Å². The van der Waals surface area contributed by atoms with Gasteiger partial charge < -0.3 is 10.1 Å². The van der Waals surface area contributed by atoms with E-state index in [1.807, 2.05) is 25.1 Å². The van der Waals surface area contributed by atoms with Gasteiger partial charge in [0.15, 0.2) is 5.13 Å². The Bertz CT molecular complexity index is 651. The fourth-order valence-electron chi connectivity index (χ4n) is 2.50. The van der Waals surface area contributed by atoms with Crippen LogP contribution >= 0.6 is 11.3 Å². The topological polar surface area (TPSA) is 54.5 Å². The molecule has 1 aromatic carbocycles. The summed E-state index contributed by atoms with van der Waals surface area (Å²) in [7, 11) is 0. The molecule has 1 aliphatic rings. The van der Waals surface area contributed by atoms with Crippen LogP contribution in [0.4, 0.5) is 5.13 Å². The van der Waals surface area contributed by atoms with Gasteiger partial charge >= 0.3 is 0 Å². The lowest BCUT2D eigenvalue weighted by molar-refractivity contribution is -0.115. The molecule has 0 atom stereocenters. The summed E-state index contributed by atoms with van der Waals surface area (Å²) in [6.07, 6.45) is 0.457. The number of benzene rings is 1. The molecule has 1 aliphatic heterocycles. The maximum absolute atomic E-state index is 11.7. The number of ether oxygens (including phenoxy) is 1. The molecule has 0 radical (unpaired) electrons. The van der Waals surface area contributed by atoms with Gasteiger partial charge in [-0.1, -0.05) is 48.6 Å². The first-order chi connectivity index (χ1) is 11.3. The smallest absolute Gasteiger partial charge is 0.225 e. The van der Waals surface area contributed by atoms with E-state index in [2.05, 4.69) is 27.3 Å². The van der Waals surface area contributed by atoms with Crippen LogP contribution < -0.4 is 5.32 Å². The van der Waals surface area contributed by atoms with Gasteiger partial charge in [-0.15, -0.1) is 0 Å². The molecule has 122 valence electrons. The van der Waals surface area contributed by atoms with E-state index in [4.69, 9.17) is 4.74 Å². The van der Waals surface area contributed by atoms with Crippen LogP contribution in [0.3, 0.4) is 0 Å². The van der Waals surface area contributed by atoms with Crippen LogP contribution in [-0.2, 0) is 16.1 Å². The van der Waals surface area contributed by atoms with Crippen molar-refractivity contribution in [3.8, 4) is 11.3 Å². The molecule has 2 aromatic rings. The predicted octanol–water partition coefficient (Wildman–Crippen LogP) is 2.99. The van der Waals surface area contributed by atoms with E-state index < -0.39 is 0 Å². The van der Waals surface area contributed by atoms with Crippen molar-refractivity contribution in [3.63, 3.8) is 0 Å². The summed E-state index contributed by atoms with van der Waals surface area (Å²) in [6, 6.07) is 10.1. The minimum Gasteiger partial charge on any atom is -0.379 e. The van der Waals surface area contributed by atoms with Gasteiger partial charge in [0.2, 0.25) is 5.91 Å². The molecule has 2 heterocycles. The molecule has 1 N–H and O–H groups in total. The Labute approximate surface area is 140 Å². The van der Waals surface area contributed by atoms with Crippen LogP contribution in [0.15, 0.2) is 30.3 Å². The molecule has 0 bridgehead atoms. The number of nitrogens with one attached hydrogen (secondary N) is 1. The molecular formula is C17H21N3O2S. The van der Waals surface area contributed by atoms with E-state index in [1.165, 1.54) is 4.88 Å². The fourth-order valence-corrected chi connectivity index (χ4v) is 3.55. The molecule has 0 saturated carbocycles. The zero-order chi connectivity index (χ0) is 16.1. The zero-order valence-corrected chi connectivity index (χ0v) is 14.1. The molecule has 6 heteroatoms. The van der Waals surface area contributed by atoms with E-state index in [0.29, 0.717) is 11.6 Å². The van der Waals surface area contributed by atoms with Crippen molar-refractivity contribution in [2.75, 3.05) is 31.6 Å². The van der Waals surface area contributed by atoms with Gasteiger partial charge in [-0.25, -0.2) is 4.98 Å². The number of morpholine rings is 1. The van der Waals surface area contributed by atoms with Crippen molar-refractivity contribution in [3.05, 3.63) is 35.2 Å². The summed E-state index contributed by atoms with van der Waals surface area (Å²) in [4.78, 5) is 19.9. The molecule has 1 saturated heterocycles. The molecule has 23 heavy (non-hydrogen) atoms. The maximum atomic E-state index is 11.7. The number of carbonyl (C=O) groups excluding carboxylic acids is 1. The first-order valence-corrected chi connectivity index (χ1v) is 8.73. The van der Waals surface area contributed by atoms with Gasteiger partial charge in [0.25, 0.3) is 0 Å². The molecule has 1 amide bonds. The quantitative estimate of drug-likeness (QED) is 0.915. The van der Waals surface area contributed by atoms with Gasteiger partial charge in [-0.3, -0.25) is 9.69 Å². The maximum Gasteiger partial charge on any atom is 0.225 e. The highest BCUT2D eigenvalue weighted by Gasteiger charge is 2.18. The molecule has 3 rings (SSSR count). The third-order valence-electron chi connectivity index (χ3n) is 3.78. The number of amides is 1. The molecule has 0 spiro atoms. The van der Waals surface area contributed by atoms with Crippen LogP contribution in [0, 0.1) is 0 Å². The summed E-state index contributed by atoms with van der Waals surface area (Å²) in [5, 5.41) is 3.56. The largest absolute Gasteiger partial charge is 0.379 e. The Morgan fingerprint density at radius 2 is 2.04 bits per heavy atom. The van der Waals surface area contributed by atoms with Crippen molar-refractivity contribution in [2.45, 2.75) is 19.9 Å². The minimum absolute atomic E-state index is 0.00344. The molecule has 1 fully saturated rings. The molecular weight excluding hydrogens is 310 g/mol. The number of aromatic nitrogens is 1. The van der Waals surface area contributed by atoms with Crippen molar-refractivity contribution in [1.82, 2.24) is 9.88 Å². The van der Waals surface area contributed by atoms with Gasteiger partial charge in [0.05, 0.1) is 18.9 Å². The SMILES string of the molecule is CCC(=O)Nc1nc(-c2ccccc2)c(CN2CCOCC2)s1. The number of hydrogen-bond donors (Lipinski definition) is 1.